The standard InChI is InChI=1S/C19H23N3O3S/c1-11-7-12(2)18(13(3)8-11)22-17(24)10-20-16(23)9-21-19(25)15-6-5-14(4)26-15/h5-8H,9-10H2,1-4H3,(H,20,23)(H,21,25)(H,22,24). The Bertz CT molecular complexity index is 819. The lowest BCUT2D eigenvalue weighted by molar-refractivity contribution is -0.123. The zero-order chi connectivity index (χ0) is 19.3. The Morgan fingerprint density at radius 3 is 2.08 bits per heavy atom. The molecule has 0 fully saturated rings. The van der Waals surface area contributed by atoms with Crippen molar-refractivity contribution >= 4 is 34.7 Å². The van der Waals surface area contributed by atoms with Crippen molar-refractivity contribution in [1.82, 2.24) is 10.6 Å². The quantitative estimate of drug-likeness (QED) is 0.727. The summed E-state index contributed by atoms with van der Waals surface area (Å²) in [4.78, 5) is 37.3. The van der Waals surface area contributed by atoms with Crippen LogP contribution in [0.2, 0.25) is 0 Å². The van der Waals surface area contributed by atoms with Crippen LogP contribution in [0.25, 0.3) is 0 Å². The Balaban J connectivity index is 1.78. The van der Waals surface area contributed by atoms with Gasteiger partial charge in [0.2, 0.25) is 11.8 Å². The summed E-state index contributed by atoms with van der Waals surface area (Å²) >= 11 is 1.36. The minimum Gasteiger partial charge on any atom is -0.345 e. The van der Waals surface area contributed by atoms with E-state index in [1.165, 1.54) is 11.3 Å². The highest BCUT2D eigenvalue weighted by atomic mass is 32.1. The van der Waals surface area contributed by atoms with Gasteiger partial charge in [-0.2, -0.15) is 0 Å². The number of nitrogens with one attached hydrogen (secondary N) is 3. The summed E-state index contributed by atoms with van der Waals surface area (Å²) in [5.74, 6) is -1.03. The van der Waals surface area contributed by atoms with E-state index in [0.717, 1.165) is 27.3 Å². The molecule has 0 saturated heterocycles. The summed E-state index contributed by atoms with van der Waals surface area (Å²) < 4.78 is 0. The van der Waals surface area contributed by atoms with Gasteiger partial charge in [-0.3, -0.25) is 14.4 Å². The van der Waals surface area contributed by atoms with Gasteiger partial charge in [0.15, 0.2) is 0 Å². The first-order chi connectivity index (χ1) is 12.3. The molecule has 3 amide bonds. The number of anilines is 1. The van der Waals surface area contributed by atoms with Crippen LogP contribution in [-0.2, 0) is 9.59 Å². The lowest BCUT2D eigenvalue weighted by Crippen LogP contribution is -2.40. The maximum absolute atomic E-state index is 12.1. The predicted octanol–water partition coefficient (Wildman–Crippen LogP) is 2.47. The maximum atomic E-state index is 12.1. The molecule has 0 aliphatic rings. The number of benzene rings is 1. The molecule has 0 saturated carbocycles. The van der Waals surface area contributed by atoms with Crippen LogP contribution in [-0.4, -0.2) is 30.8 Å². The lowest BCUT2D eigenvalue weighted by Gasteiger charge is -2.13. The van der Waals surface area contributed by atoms with E-state index in [0.29, 0.717) is 4.88 Å². The van der Waals surface area contributed by atoms with Crippen LogP contribution in [0.4, 0.5) is 5.69 Å². The van der Waals surface area contributed by atoms with Crippen molar-refractivity contribution in [2.75, 3.05) is 18.4 Å². The summed E-state index contributed by atoms with van der Waals surface area (Å²) in [7, 11) is 0. The topological polar surface area (TPSA) is 87.3 Å². The Morgan fingerprint density at radius 2 is 1.50 bits per heavy atom. The average Bonchev–Trinajstić information content (AvgIpc) is 3.00. The van der Waals surface area contributed by atoms with E-state index in [1.807, 2.05) is 45.9 Å². The first-order valence-corrected chi connectivity index (χ1v) is 9.07. The summed E-state index contributed by atoms with van der Waals surface area (Å²) in [6.07, 6.45) is 0. The average molecular weight is 373 g/mol. The Labute approximate surface area is 157 Å². The van der Waals surface area contributed by atoms with Crippen molar-refractivity contribution in [2.24, 2.45) is 0 Å². The molecule has 7 heteroatoms. The third-order valence-electron chi connectivity index (χ3n) is 3.76. The number of hydrogen-bond donors (Lipinski definition) is 3. The first-order valence-electron chi connectivity index (χ1n) is 8.25. The van der Waals surface area contributed by atoms with Crippen molar-refractivity contribution in [2.45, 2.75) is 27.7 Å². The van der Waals surface area contributed by atoms with Crippen LogP contribution in [0.1, 0.15) is 31.2 Å². The van der Waals surface area contributed by atoms with Gasteiger partial charge in [-0.25, -0.2) is 0 Å². The second-order valence-electron chi connectivity index (χ2n) is 6.19. The lowest BCUT2D eigenvalue weighted by atomic mass is 10.1. The Morgan fingerprint density at radius 1 is 0.885 bits per heavy atom. The molecular formula is C19H23N3O3S. The smallest absolute Gasteiger partial charge is 0.261 e. The van der Waals surface area contributed by atoms with Crippen LogP contribution in [0.5, 0.6) is 0 Å². The van der Waals surface area contributed by atoms with Crippen molar-refractivity contribution in [3.8, 4) is 0 Å². The third-order valence-corrected chi connectivity index (χ3v) is 4.76. The molecule has 0 bridgehead atoms. The van der Waals surface area contributed by atoms with E-state index in [9.17, 15) is 14.4 Å². The molecular weight excluding hydrogens is 350 g/mol. The van der Waals surface area contributed by atoms with E-state index in [-0.39, 0.29) is 24.9 Å². The van der Waals surface area contributed by atoms with Crippen LogP contribution in [0, 0.1) is 27.7 Å². The molecule has 2 aromatic rings. The van der Waals surface area contributed by atoms with Crippen LogP contribution in [0.15, 0.2) is 24.3 Å². The van der Waals surface area contributed by atoms with Crippen molar-refractivity contribution < 1.29 is 14.4 Å². The largest absolute Gasteiger partial charge is 0.345 e. The number of carbonyl (C=O) groups is 3. The predicted molar refractivity (Wildman–Crippen MR) is 104 cm³/mol. The minimum absolute atomic E-state index is 0.153. The van der Waals surface area contributed by atoms with E-state index < -0.39 is 5.91 Å². The highest BCUT2D eigenvalue weighted by Crippen LogP contribution is 2.21. The second kappa shape index (κ2) is 8.62. The second-order valence-corrected chi connectivity index (χ2v) is 7.48. The monoisotopic (exact) mass is 373 g/mol. The number of hydrogen-bond acceptors (Lipinski definition) is 4. The number of carbonyl (C=O) groups excluding carboxylic acids is 3. The molecule has 0 unspecified atom stereocenters. The molecule has 3 N–H and O–H groups in total. The molecule has 2 rings (SSSR count). The van der Waals surface area contributed by atoms with Gasteiger partial charge in [0.25, 0.3) is 5.91 Å². The fourth-order valence-electron chi connectivity index (χ4n) is 2.61. The molecule has 1 heterocycles. The summed E-state index contributed by atoms with van der Waals surface area (Å²) in [5, 5.41) is 7.86. The van der Waals surface area contributed by atoms with E-state index in [4.69, 9.17) is 0 Å². The molecule has 1 aromatic carbocycles. The number of amides is 3. The van der Waals surface area contributed by atoms with E-state index in [2.05, 4.69) is 16.0 Å². The minimum atomic E-state index is -0.417. The normalized spacial score (nSPS) is 10.3. The molecule has 6 nitrogen and oxygen atoms in total. The fraction of sp³-hybridized carbons (Fsp3) is 0.316. The molecule has 0 aliphatic carbocycles. The van der Waals surface area contributed by atoms with Crippen LogP contribution < -0.4 is 16.0 Å². The molecule has 26 heavy (non-hydrogen) atoms. The van der Waals surface area contributed by atoms with Crippen molar-refractivity contribution in [3.63, 3.8) is 0 Å². The zero-order valence-corrected chi connectivity index (χ0v) is 16.2. The maximum Gasteiger partial charge on any atom is 0.261 e. The van der Waals surface area contributed by atoms with Gasteiger partial charge in [0.1, 0.15) is 0 Å². The van der Waals surface area contributed by atoms with E-state index >= 15 is 0 Å². The third kappa shape index (κ3) is 5.42. The number of thiophene rings is 1. The number of rotatable bonds is 6. The highest BCUT2D eigenvalue weighted by Gasteiger charge is 2.12. The van der Waals surface area contributed by atoms with Gasteiger partial charge < -0.3 is 16.0 Å². The molecule has 138 valence electrons. The van der Waals surface area contributed by atoms with E-state index in [1.54, 1.807) is 6.07 Å². The summed E-state index contributed by atoms with van der Waals surface area (Å²) in [6, 6.07) is 7.54. The van der Waals surface area contributed by atoms with Gasteiger partial charge >= 0.3 is 0 Å². The molecule has 0 aliphatic heterocycles. The fourth-order valence-corrected chi connectivity index (χ4v) is 3.39. The van der Waals surface area contributed by atoms with Crippen molar-refractivity contribution in [3.05, 3.63) is 50.7 Å². The van der Waals surface area contributed by atoms with Crippen LogP contribution in [0.3, 0.4) is 0 Å². The van der Waals surface area contributed by atoms with Gasteiger partial charge in [-0.05, 0) is 51.0 Å². The summed E-state index contributed by atoms with van der Waals surface area (Å²) in [5.41, 5.74) is 3.83. The van der Waals surface area contributed by atoms with Gasteiger partial charge in [-0.1, -0.05) is 17.7 Å². The SMILES string of the molecule is Cc1cc(C)c(NC(=O)CNC(=O)CNC(=O)c2ccc(C)s2)c(C)c1. The van der Waals surface area contributed by atoms with Gasteiger partial charge in [0.05, 0.1) is 18.0 Å². The van der Waals surface area contributed by atoms with Crippen molar-refractivity contribution in [1.29, 1.82) is 0 Å². The van der Waals surface area contributed by atoms with Gasteiger partial charge in [-0.15, -0.1) is 11.3 Å². The summed E-state index contributed by atoms with van der Waals surface area (Å²) in [6.45, 7) is 7.43. The van der Waals surface area contributed by atoms with Gasteiger partial charge in [0, 0.05) is 10.6 Å². The number of aryl methyl sites for hydroxylation is 4. The molecule has 1 aromatic heterocycles. The zero-order valence-electron chi connectivity index (χ0n) is 15.4. The molecule has 0 atom stereocenters. The Kier molecular flexibility index (Phi) is 6.52. The molecule has 0 spiro atoms. The van der Waals surface area contributed by atoms with Crippen LogP contribution >= 0.6 is 11.3 Å². The molecule has 0 radical (unpaired) electrons. The first kappa shape index (κ1) is 19.7. The Hall–Kier alpha value is -2.67. The highest BCUT2D eigenvalue weighted by molar-refractivity contribution is 7.13.